The second-order valence-corrected chi connectivity index (χ2v) is 6.47. The van der Waals surface area contributed by atoms with E-state index in [0.29, 0.717) is 6.54 Å². The first-order valence-corrected chi connectivity index (χ1v) is 7.72. The zero-order chi connectivity index (χ0) is 13.2. The van der Waals surface area contributed by atoms with E-state index in [1.54, 1.807) is 4.31 Å². The molecule has 1 aromatic heterocycles. The van der Waals surface area contributed by atoms with Crippen molar-refractivity contribution in [2.75, 3.05) is 12.3 Å². The van der Waals surface area contributed by atoms with Crippen molar-refractivity contribution >= 4 is 15.7 Å². The summed E-state index contributed by atoms with van der Waals surface area (Å²) in [4.78, 5) is 4.00. The Morgan fingerprint density at radius 1 is 1.50 bits per heavy atom. The van der Waals surface area contributed by atoms with Crippen molar-refractivity contribution in [1.29, 1.82) is 0 Å². The molecule has 1 aliphatic carbocycles. The van der Waals surface area contributed by atoms with Gasteiger partial charge in [-0.15, -0.1) is 0 Å². The number of pyridine rings is 1. The molecule has 1 aliphatic rings. The third-order valence-electron chi connectivity index (χ3n) is 3.09. The minimum absolute atomic E-state index is 0.132. The number of sulfonamides is 1. The maximum Gasteiger partial charge on any atom is 0.246 e. The molecule has 0 amide bonds. The third-order valence-corrected chi connectivity index (χ3v) is 5.08. The highest BCUT2D eigenvalue weighted by molar-refractivity contribution is 7.89. The van der Waals surface area contributed by atoms with Crippen LogP contribution in [0.15, 0.2) is 23.4 Å². The zero-order valence-corrected chi connectivity index (χ0v) is 11.4. The summed E-state index contributed by atoms with van der Waals surface area (Å²) < 4.78 is 26.7. The fourth-order valence-corrected chi connectivity index (χ4v) is 3.69. The van der Waals surface area contributed by atoms with Gasteiger partial charge in [0.15, 0.2) is 0 Å². The summed E-state index contributed by atoms with van der Waals surface area (Å²) in [6.45, 7) is 2.62. The minimum Gasteiger partial charge on any atom is -0.398 e. The van der Waals surface area contributed by atoms with Crippen molar-refractivity contribution in [3.8, 4) is 0 Å². The normalized spacial score (nSPS) is 16.1. The molecule has 0 spiro atoms. The summed E-state index contributed by atoms with van der Waals surface area (Å²) in [5.41, 5.74) is 6.02. The number of hydrogen-bond donors (Lipinski definition) is 1. The molecule has 100 valence electrons. The molecule has 6 heteroatoms. The Morgan fingerprint density at radius 3 is 2.78 bits per heavy atom. The van der Waals surface area contributed by atoms with Crippen molar-refractivity contribution in [3.63, 3.8) is 0 Å². The molecule has 18 heavy (non-hydrogen) atoms. The summed E-state index contributed by atoms with van der Waals surface area (Å²) >= 11 is 0. The van der Waals surface area contributed by atoms with Crippen molar-refractivity contribution in [3.05, 3.63) is 18.5 Å². The molecule has 1 fully saturated rings. The number of rotatable bonds is 6. The quantitative estimate of drug-likeness (QED) is 0.851. The van der Waals surface area contributed by atoms with Crippen LogP contribution in [0.25, 0.3) is 0 Å². The molecule has 0 unspecified atom stereocenters. The summed E-state index contributed by atoms with van der Waals surface area (Å²) in [7, 11) is -3.49. The lowest BCUT2D eigenvalue weighted by Crippen LogP contribution is -2.34. The van der Waals surface area contributed by atoms with Gasteiger partial charge in [-0.1, -0.05) is 13.3 Å². The molecule has 0 saturated heterocycles. The molecule has 5 nitrogen and oxygen atoms in total. The molecular formula is C12H19N3O2S. The fourth-order valence-electron chi connectivity index (χ4n) is 1.91. The Hall–Kier alpha value is -1.14. The van der Waals surface area contributed by atoms with Crippen molar-refractivity contribution in [2.45, 2.75) is 43.5 Å². The SMILES string of the molecule is CCCCN(C1CC1)S(=O)(=O)c1cnccc1N. The predicted octanol–water partition coefficient (Wildman–Crippen LogP) is 1.62. The van der Waals surface area contributed by atoms with Crippen molar-refractivity contribution in [2.24, 2.45) is 0 Å². The van der Waals surface area contributed by atoms with Crippen LogP contribution in [0, 0.1) is 0 Å². The van der Waals surface area contributed by atoms with Crippen LogP contribution >= 0.6 is 0 Å². The maximum atomic E-state index is 12.5. The summed E-state index contributed by atoms with van der Waals surface area (Å²) in [5, 5.41) is 0. The Kier molecular flexibility index (Phi) is 3.87. The van der Waals surface area contributed by atoms with Gasteiger partial charge in [0.05, 0.1) is 5.69 Å². The Balaban J connectivity index is 2.30. The monoisotopic (exact) mass is 269 g/mol. The first kappa shape index (κ1) is 13.3. The highest BCUT2D eigenvalue weighted by atomic mass is 32.2. The Bertz CT molecular complexity index is 512. The zero-order valence-electron chi connectivity index (χ0n) is 10.5. The van der Waals surface area contributed by atoms with Gasteiger partial charge >= 0.3 is 0 Å². The van der Waals surface area contributed by atoms with E-state index in [9.17, 15) is 8.42 Å². The highest BCUT2D eigenvalue weighted by Crippen LogP contribution is 2.33. The predicted molar refractivity (Wildman–Crippen MR) is 70.5 cm³/mol. The first-order valence-electron chi connectivity index (χ1n) is 6.28. The number of nitrogens with zero attached hydrogens (tertiary/aromatic N) is 2. The van der Waals surface area contributed by atoms with E-state index >= 15 is 0 Å². The van der Waals surface area contributed by atoms with Crippen LogP contribution in [-0.4, -0.2) is 30.3 Å². The van der Waals surface area contributed by atoms with E-state index in [4.69, 9.17) is 5.73 Å². The van der Waals surface area contributed by atoms with Gasteiger partial charge in [0.2, 0.25) is 10.0 Å². The standard InChI is InChI=1S/C12H19N3O2S/c1-2-3-8-15(10-4-5-10)18(16,17)12-9-14-7-6-11(12)13/h6-7,9-10H,2-5,8H2,1H3,(H2,13,14). The van der Waals surface area contributed by atoms with Gasteiger partial charge in [-0.3, -0.25) is 4.98 Å². The van der Waals surface area contributed by atoms with Crippen LogP contribution < -0.4 is 5.73 Å². The number of nitrogens with two attached hydrogens (primary N) is 1. The van der Waals surface area contributed by atoms with Gasteiger partial charge in [-0.2, -0.15) is 4.31 Å². The largest absolute Gasteiger partial charge is 0.398 e. The van der Waals surface area contributed by atoms with Gasteiger partial charge in [-0.05, 0) is 25.3 Å². The molecular weight excluding hydrogens is 250 g/mol. The van der Waals surface area contributed by atoms with Gasteiger partial charge in [0.1, 0.15) is 4.90 Å². The van der Waals surface area contributed by atoms with E-state index in [-0.39, 0.29) is 16.6 Å². The van der Waals surface area contributed by atoms with E-state index in [1.807, 2.05) is 0 Å². The van der Waals surface area contributed by atoms with E-state index in [1.165, 1.54) is 18.5 Å². The minimum atomic E-state index is -3.49. The van der Waals surface area contributed by atoms with Crippen LogP contribution in [0.2, 0.25) is 0 Å². The van der Waals surface area contributed by atoms with Gasteiger partial charge in [0, 0.05) is 25.0 Å². The summed E-state index contributed by atoms with van der Waals surface area (Å²) in [6, 6.07) is 1.68. The van der Waals surface area contributed by atoms with Gasteiger partial charge < -0.3 is 5.73 Å². The molecule has 2 N–H and O–H groups in total. The number of aromatic nitrogens is 1. The van der Waals surface area contributed by atoms with E-state index in [2.05, 4.69) is 11.9 Å². The molecule has 2 rings (SSSR count). The van der Waals surface area contributed by atoms with Crippen LogP contribution in [0.3, 0.4) is 0 Å². The number of anilines is 1. The van der Waals surface area contributed by atoms with Crippen LogP contribution in [0.1, 0.15) is 32.6 Å². The van der Waals surface area contributed by atoms with E-state index < -0.39 is 10.0 Å². The number of unbranched alkanes of at least 4 members (excludes halogenated alkanes) is 1. The van der Waals surface area contributed by atoms with Crippen LogP contribution in [0.4, 0.5) is 5.69 Å². The number of nitrogen functional groups attached to an aromatic ring is 1. The van der Waals surface area contributed by atoms with Crippen LogP contribution in [0.5, 0.6) is 0 Å². The lowest BCUT2D eigenvalue weighted by Gasteiger charge is -2.22. The van der Waals surface area contributed by atoms with Crippen LogP contribution in [-0.2, 0) is 10.0 Å². The van der Waals surface area contributed by atoms with Crippen molar-refractivity contribution < 1.29 is 8.42 Å². The lowest BCUT2D eigenvalue weighted by atomic mass is 10.3. The molecule has 0 atom stereocenters. The first-order chi connectivity index (χ1) is 8.57. The highest BCUT2D eigenvalue weighted by Gasteiger charge is 2.38. The second kappa shape index (κ2) is 5.24. The average Bonchev–Trinajstić information content (AvgIpc) is 3.14. The average molecular weight is 269 g/mol. The number of hydrogen-bond acceptors (Lipinski definition) is 4. The maximum absolute atomic E-state index is 12.5. The van der Waals surface area contributed by atoms with Gasteiger partial charge in [-0.25, -0.2) is 8.42 Å². The summed E-state index contributed by atoms with van der Waals surface area (Å²) in [5.74, 6) is 0. The molecule has 0 aromatic carbocycles. The molecule has 1 saturated carbocycles. The van der Waals surface area contributed by atoms with Crippen molar-refractivity contribution in [1.82, 2.24) is 9.29 Å². The molecule has 1 aromatic rings. The molecule has 0 aliphatic heterocycles. The molecule has 1 heterocycles. The Labute approximate surface area is 108 Å². The smallest absolute Gasteiger partial charge is 0.246 e. The van der Waals surface area contributed by atoms with E-state index in [0.717, 1.165) is 25.7 Å². The second-order valence-electron chi connectivity index (χ2n) is 4.61. The lowest BCUT2D eigenvalue weighted by molar-refractivity contribution is 0.396. The molecule has 0 bridgehead atoms. The van der Waals surface area contributed by atoms with Gasteiger partial charge in [0.25, 0.3) is 0 Å². The fraction of sp³-hybridized carbons (Fsp3) is 0.583. The molecule has 0 radical (unpaired) electrons. The Morgan fingerprint density at radius 2 is 2.22 bits per heavy atom. The third kappa shape index (κ3) is 2.64. The summed E-state index contributed by atoms with van der Waals surface area (Å²) in [6.07, 6.45) is 6.58. The topological polar surface area (TPSA) is 76.3 Å².